The minimum absolute atomic E-state index is 0.0259. The summed E-state index contributed by atoms with van der Waals surface area (Å²) in [6, 6.07) is 6.22. The molecule has 1 heterocycles. The van der Waals surface area contributed by atoms with E-state index in [1.54, 1.807) is 6.20 Å². The molecule has 2 rings (SSSR count). The van der Waals surface area contributed by atoms with Gasteiger partial charge in [-0.1, -0.05) is 23.9 Å². The normalized spacial score (nSPS) is 13.0. The summed E-state index contributed by atoms with van der Waals surface area (Å²) in [5, 5.41) is 3.64. The predicted molar refractivity (Wildman–Crippen MR) is 96.3 cm³/mol. The van der Waals surface area contributed by atoms with E-state index in [9.17, 15) is 4.79 Å². The Morgan fingerprint density at radius 3 is 2.65 bits per heavy atom. The van der Waals surface area contributed by atoms with Gasteiger partial charge < -0.3 is 5.32 Å². The summed E-state index contributed by atoms with van der Waals surface area (Å²) in [5.41, 5.74) is 3.34. The Morgan fingerprint density at radius 2 is 2.00 bits per heavy atom. The van der Waals surface area contributed by atoms with E-state index in [0.29, 0.717) is 0 Å². The fourth-order valence-corrected chi connectivity index (χ4v) is 3.12. The Hall–Kier alpha value is -1.75. The lowest BCUT2D eigenvalue weighted by Gasteiger charge is -2.23. The number of hydrogen-bond acceptors (Lipinski definition) is 3. The average molecular weight is 331 g/mol. The maximum Gasteiger partial charge on any atom is 0.233 e. The molecular weight excluding hydrogens is 306 g/mol. The van der Waals surface area contributed by atoms with Crippen molar-refractivity contribution in [2.45, 2.75) is 57.5 Å². The van der Waals surface area contributed by atoms with Crippen molar-refractivity contribution >= 4 is 17.7 Å². The Kier molecular flexibility index (Phi) is 5.19. The van der Waals surface area contributed by atoms with E-state index in [1.165, 1.54) is 22.9 Å². The zero-order valence-corrected chi connectivity index (χ0v) is 15.5. The van der Waals surface area contributed by atoms with E-state index >= 15 is 0 Å². The Morgan fingerprint density at radius 1 is 1.30 bits per heavy atom. The number of rotatable bonds is 4. The number of hydrogen-bond donors (Lipinski definition) is 1. The van der Waals surface area contributed by atoms with Crippen LogP contribution < -0.4 is 5.32 Å². The van der Waals surface area contributed by atoms with Crippen LogP contribution in [0, 0.1) is 13.8 Å². The average Bonchev–Trinajstić information content (AvgIpc) is 2.88. The minimum Gasteiger partial charge on any atom is -0.351 e. The zero-order valence-electron chi connectivity index (χ0n) is 14.7. The molecule has 0 spiro atoms. The highest BCUT2D eigenvalue weighted by atomic mass is 32.2. The van der Waals surface area contributed by atoms with Crippen LogP contribution in [-0.2, 0) is 4.79 Å². The second kappa shape index (κ2) is 6.79. The summed E-state index contributed by atoms with van der Waals surface area (Å²) in [6.45, 7) is 12.1. The lowest BCUT2D eigenvalue weighted by molar-refractivity contribution is -0.121. The Bertz CT molecular complexity index is 701. The summed E-state index contributed by atoms with van der Waals surface area (Å²) in [5.74, 6) is 0.0259. The van der Waals surface area contributed by atoms with Gasteiger partial charge in [0, 0.05) is 17.9 Å². The molecule has 0 aliphatic heterocycles. The van der Waals surface area contributed by atoms with Gasteiger partial charge in [0.2, 0.25) is 5.91 Å². The van der Waals surface area contributed by atoms with Gasteiger partial charge in [0.05, 0.1) is 10.9 Å². The fourth-order valence-electron chi connectivity index (χ4n) is 2.24. The topological polar surface area (TPSA) is 46.9 Å². The van der Waals surface area contributed by atoms with Gasteiger partial charge in [-0.3, -0.25) is 9.36 Å². The number of amides is 1. The van der Waals surface area contributed by atoms with Crippen molar-refractivity contribution in [3.8, 4) is 5.69 Å². The second-order valence-corrected chi connectivity index (χ2v) is 8.11. The molecule has 0 aliphatic rings. The molecule has 0 radical (unpaired) electrons. The number of nitrogens with one attached hydrogen (secondary N) is 1. The number of nitrogens with zero attached hydrogens (tertiary/aromatic N) is 2. The van der Waals surface area contributed by atoms with Gasteiger partial charge in [-0.05, 0) is 58.7 Å². The first kappa shape index (κ1) is 17.6. The summed E-state index contributed by atoms with van der Waals surface area (Å²) in [6.07, 6.45) is 3.72. The smallest absolute Gasteiger partial charge is 0.233 e. The van der Waals surface area contributed by atoms with Crippen LogP contribution in [0.15, 0.2) is 35.7 Å². The summed E-state index contributed by atoms with van der Waals surface area (Å²) >= 11 is 1.47. The van der Waals surface area contributed by atoms with Gasteiger partial charge >= 0.3 is 0 Å². The maximum atomic E-state index is 12.3. The van der Waals surface area contributed by atoms with Crippen molar-refractivity contribution in [3.05, 3.63) is 41.7 Å². The van der Waals surface area contributed by atoms with Gasteiger partial charge in [-0.25, -0.2) is 4.98 Å². The first-order valence-electron chi connectivity index (χ1n) is 7.77. The number of aromatic nitrogens is 2. The molecule has 1 amide bonds. The third kappa shape index (κ3) is 4.38. The number of thioether (sulfide) groups is 1. The summed E-state index contributed by atoms with van der Waals surface area (Å²) in [4.78, 5) is 16.7. The summed E-state index contributed by atoms with van der Waals surface area (Å²) in [7, 11) is 0. The van der Waals surface area contributed by atoms with Crippen molar-refractivity contribution in [1.82, 2.24) is 14.9 Å². The lowest BCUT2D eigenvalue weighted by atomic mass is 10.1. The monoisotopic (exact) mass is 331 g/mol. The SMILES string of the molecule is Cc1cccc(-n2ccnc2SC(C)C(=O)NC(C)(C)C)c1C. The highest BCUT2D eigenvalue weighted by Gasteiger charge is 2.22. The number of imidazole rings is 1. The van der Waals surface area contributed by atoms with Crippen molar-refractivity contribution in [2.75, 3.05) is 0 Å². The molecule has 1 aromatic carbocycles. The molecule has 1 atom stereocenters. The number of carbonyl (C=O) groups excluding carboxylic acids is 1. The van der Waals surface area contributed by atoms with E-state index in [0.717, 1.165) is 10.8 Å². The highest BCUT2D eigenvalue weighted by molar-refractivity contribution is 8.00. The van der Waals surface area contributed by atoms with Crippen LogP contribution >= 0.6 is 11.8 Å². The van der Waals surface area contributed by atoms with Crippen molar-refractivity contribution < 1.29 is 4.79 Å². The third-order valence-corrected chi connectivity index (χ3v) is 4.67. The van der Waals surface area contributed by atoms with Crippen LogP contribution in [0.25, 0.3) is 5.69 Å². The van der Waals surface area contributed by atoms with E-state index in [1.807, 2.05) is 44.5 Å². The van der Waals surface area contributed by atoms with Crippen LogP contribution in [0.3, 0.4) is 0 Å². The van der Waals surface area contributed by atoms with Gasteiger partial charge in [-0.2, -0.15) is 0 Å². The molecule has 23 heavy (non-hydrogen) atoms. The van der Waals surface area contributed by atoms with Gasteiger partial charge in [0.15, 0.2) is 5.16 Å². The molecule has 124 valence electrons. The molecular formula is C18H25N3OS. The molecule has 4 nitrogen and oxygen atoms in total. The van der Waals surface area contributed by atoms with E-state index < -0.39 is 0 Å². The molecule has 1 unspecified atom stereocenters. The molecule has 1 aromatic heterocycles. The minimum atomic E-state index is -0.228. The van der Waals surface area contributed by atoms with E-state index in [4.69, 9.17) is 0 Å². The maximum absolute atomic E-state index is 12.3. The van der Waals surface area contributed by atoms with Crippen molar-refractivity contribution in [3.63, 3.8) is 0 Å². The van der Waals surface area contributed by atoms with E-state index in [-0.39, 0.29) is 16.7 Å². The number of aryl methyl sites for hydroxylation is 1. The van der Waals surface area contributed by atoms with Gasteiger partial charge in [0.1, 0.15) is 0 Å². The van der Waals surface area contributed by atoms with Gasteiger partial charge in [-0.15, -0.1) is 0 Å². The largest absolute Gasteiger partial charge is 0.351 e. The fraction of sp³-hybridized carbons (Fsp3) is 0.444. The molecule has 0 saturated heterocycles. The van der Waals surface area contributed by atoms with Gasteiger partial charge in [0.25, 0.3) is 0 Å². The first-order chi connectivity index (χ1) is 10.7. The lowest BCUT2D eigenvalue weighted by Crippen LogP contribution is -2.44. The van der Waals surface area contributed by atoms with Crippen LogP contribution in [0.1, 0.15) is 38.8 Å². The standard InChI is InChI=1S/C18H25N3OS/c1-12-8-7-9-15(13(12)2)21-11-10-19-17(21)23-14(3)16(22)20-18(4,5)6/h7-11,14H,1-6H3,(H,20,22). The quantitative estimate of drug-likeness (QED) is 0.865. The van der Waals surface area contributed by atoms with E-state index in [2.05, 4.69) is 36.3 Å². The summed E-state index contributed by atoms with van der Waals surface area (Å²) < 4.78 is 2.05. The third-order valence-electron chi connectivity index (χ3n) is 3.59. The second-order valence-electron chi connectivity index (χ2n) is 6.80. The Balaban J connectivity index is 2.22. The molecule has 0 bridgehead atoms. The van der Waals surface area contributed by atoms with Crippen LogP contribution in [0.5, 0.6) is 0 Å². The molecule has 0 saturated carbocycles. The molecule has 1 N–H and O–H groups in total. The number of benzene rings is 1. The predicted octanol–water partition coefficient (Wildman–Crippen LogP) is 3.88. The van der Waals surface area contributed by atoms with Crippen molar-refractivity contribution in [2.24, 2.45) is 0 Å². The van der Waals surface area contributed by atoms with Crippen molar-refractivity contribution in [1.29, 1.82) is 0 Å². The molecule has 0 aliphatic carbocycles. The molecule has 0 fully saturated rings. The van der Waals surface area contributed by atoms with Crippen LogP contribution in [0.2, 0.25) is 0 Å². The highest BCUT2D eigenvalue weighted by Crippen LogP contribution is 2.27. The molecule has 5 heteroatoms. The Labute approximate surface area is 142 Å². The van der Waals surface area contributed by atoms with Crippen LogP contribution in [-0.4, -0.2) is 26.2 Å². The molecule has 2 aromatic rings. The number of carbonyl (C=O) groups is 1. The zero-order chi connectivity index (χ0) is 17.2. The van der Waals surface area contributed by atoms with Crippen LogP contribution in [0.4, 0.5) is 0 Å². The first-order valence-corrected chi connectivity index (χ1v) is 8.65.